The highest BCUT2D eigenvalue weighted by Gasteiger charge is 2.38. The molecule has 1 aliphatic heterocycles. The SMILES string of the molecule is CN(CC(CCN1CCCN(c2nc3ccccc3n2CCOCC(F)(F)F)CC1)c1ccc(Cl)c(Cl)c1)C(=O)c1cc(C(F)(F)F)cc(C(F)(F)F)c1. The molecule has 1 fully saturated rings. The van der Waals surface area contributed by atoms with E-state index >= 15 is 0 Å². The van der Waals surface area contributed by atoms with E-state index in [1.807, 2.05) is 28.8 Å². The molecule has 5 rings (SSSR count). The average molecular weight is 813 g/mol. The molecule has 4 aromatic rings. The number of alkyl halides is 9. The smallest absolute Gasteiger partial charge is 0.370 e. The number of likely N-dealkylation sites (N-methyl/N-ethyl adjacent to an activating group) is 1. The van der Waals surface area contributed by atoms with Gasteiger partial charge in [0, 0.05) is 51.3 Å². The van der Waals surface area contributed by atoms with Crippen LogP contribution in [-0.4, -0.2) is 91.0 Å². The van der Waals surface area contributed by atoms with Crippen LogP contribution in [0, 0.1) is 0 Å². The Morgan fingerprint density at radius 1 is 0.852 bits per heavy atom. The minimum atomic E-state index is -5.11. The molecule has 0 bridgehead atoms. The largest absolute Gasteiger partial charge is 0.416 e. The number of fused-ring (bicyclic) bond motifs is 1. The van der Waals surface area contributed by atoms with Crippen LogP contribution in [0.1, 0.15) is 45.8 Å². The lowest BCUT2D eigenvalue weighted by atomic mass is 9.94. The summed E-state index contributed by atoms with van der Waals surface area (Å²) < 4.78 is 126. The molecule has 3 aromatic carbocycles. The summed E-state index contributed by atoms with van der Waals surface area (Å²) in [7, 11) is 1.31. The number of nitrogens with zero attached hydrogens (tertiary/aromatic N) is 5. The fraction of sp³-hybridized carbons (Fsp3) is 0.444. The normalized spacial score (nSPS) is 15.4. The van der Waals surface area contributed by atoms with E-state index in [4.69, 9.17) is 32.9 Å². The first-order valence-electron chi connectivity index (χ1n) is 16.9. The maximum atomic E-state index is 13.5. The van der Waals surface area contributed by atoms with Crippen molar-refractivity contribution in [1.82, 2.24) is 19.4 Å². The van der Waals surface area contributed by atoms with Crippen molar-refractivity contribution in [2.75, 3.05) is 64.4 Å². The van der Waals surface area contributed by atoms with Gasteiger partial charge in [0.25, 0.3) is 5.91 Å². The van der Waals surface area contributed by atoms with E-state index in [9.17, 15) is 44.3 Å². The van der Waals surface area contributed by atoms with Crippen LogP contribution in [0.5, 0.6) is 0 Å². The number of imidazole rings is 1. The molecular formula is C36H36Cl2F9N5O2. The standard InChI is InChI=1S/C36H36Cl2F9N5O2/c1-49(32(53)25-17-26(35(42,43)44)20-27(18-25)36(45,46)47)21-24(23-7-8-28(37)29(38)19-23)9-12-50-10-4-11-51(14-13-50)33-48-30-5-2-3-6-31(30)52(33)15-16-54-22-34(39,40)41/h2-3,5-8,17-20,24H,4,9-16,21-22H2,1H3. The van der Waals surface area contributed by atoms with Crippen LogP contribution in [0.2, 0.25) is 10.0 Å². The van der Waals surface area contributed by atoms with Crippen LogP contribution < -0.4 is 4.90 Å². The van der Waals surface area contributed by atoms with Crippen LogP contribution in [0.25, 0.3) is 11.0 Å². The Morgan fingerprint density at radius 3 is 2.19 bits per heavy atom. The summed E-state index contributed by atoms with van der Waals surface area (Å²) in [6.45, 7) is 1.44. The van der Waals surface area contributed by atoms with Gasteiger partial charge < -0.3 is 24.0 Å². The molecule has 0 spiro atoms. The van der Waals surface area contributed by atoms with Crippen molar-refractivity contribution in [3.05, 3.63) is 93.0 Å². The van der Waals surface area contributed by atoms with Crippen molar-refractivity contribution in [2.24, 2.45) is 0 Å². The highest BCUT2D eigenvalue weighted by molar-refractivity contribution is 6.42. The number of rotatable bonds is 12. The van der Waals surface area contributed by atoms with Crippen molar-refractivity contribution in [2.45, 2.75) is 43.8 Å². The molecule has 0 N–H and O–H groups in total. The summed E-state index contributed by atoms with van der Waals surface area (Å²) in [5.41, 5.74) is -1.81. The first-order valence-corrected chi connectivity index (χ1v) is 17.6. The summed E-state index contributed by atoms with van der Waals surface area (Å²) in [5.74, 6) is -0.860. The number of halogens is 11. The Labute approximate surface area is 315 Å². The van der Waals surface area contributed by atoms with Crippen LogP contribution in [-0.2, 0) is 23.6 Å². The van der Waals surface area contributed by atoms with Gasteiger partial charge in [-0.2, -0.15) is 39.5 Å². The van der Waals surface area contributed by atoms with Gasteiger partial charge in [-0.3, -0.25) is 4.79 Å². The lowest BCUT2D eigenvalue weighted by Gasteiger charge is -2.28. The minimum Gasteiger partial charge on any atom is -0.370 e. The molecule has 1 amide bonds. The molecule has 0 saturated carbocycles. The van der Waals surface area contributed by atoms with E-state index in [0.717, 1.165) is 10.4 Å². The topological polar surface area (TPSA) is 53.8 Å². The zero-order valence-corrected chi connectivity index (χ0v) is 30.4. The molecule has 54 heavy (non-hydrogen) atoms. The van der Waals surface area contributed by atoms with Gasteiger partial charge in [0.05, 0.1) is 38.8 Å². The van der Waals surface area contributed by atoms with Crippen LogP contribution in [0.4, 0.5) is 45.5 Å². The van der Waals surface area contributed by atoms with Gasteiger partial charge in [0.2, 0.25) is 5.95 Å². The second kappa shape index (κ2) is 17.0. The summed E-state index contributed by atoms with van der Waals surface area (Å²) in [6, 6.07) is 13.0. The molecule has 0 aliphatic carbocycles. The van der Waals surface area contributed by atoms with Crippen molar-refractivity contribution in [1.29, 1.82) is 0 Å². The number of para-hydroxylation sites is 2. The fourth-order valence-electron chi connectivity index (χ4n) is 6.44. The molecule has 18 heteroatoms. The third-order valence-electron chi connectivity index (χ3n) is 9.12. The summed E-state index contributed by atoms with van der Waals surface area (Å²) >= 11 is 12.5. The predicted octanol–water partition coefficient (Wildman–Crippen LogP) is 9.42. The molecule has 2 heterocycles. The monoisotopic (exact) mass is 811 g/mol. The minimum absolute atomic E-state index is 0.0274. The first kappa shape index (κ1) is 41.4. The number of aromatic nitrogens is 2. The van der Waals surface area contributed by atoms with Gasteiger partial charge in [-0.15, -0.1) is 0 Å². The molecule has 1 atom stereocenters. The third-order valence-corrected chi connectivity index (χ3v) is 9.85. The molecule has 1 saturated heterocycles. The molecule has 1 aromatic heterocycles. The van der Waals surface area contributed by atoms with E-state index in [0.29, 0.717) is 74.7 Å². The first-order chi connectivity index (χ1) is 25.3. The number of carbonyl (C=O) groups is 1. The van der Waals surface area contributed by atoms with Crippen LogP contribution in [0.3, 0.4) is 0 Å². The third kappa shape index (κ3) is 10.7. The van der Waals surface area contributed by atoms with E-state index < -0.39 is 53.7 Å². The summed E-state index contributed by atoms with van der Waals surface area (Å²) in [5, 5.41) is 0.510. The maximum Gasteiger partial charge on any atom is 0.416 e. The van der Waals surface area contributed by atoms with Crippen molar-refractivity contribution < 1.29 is 49.0 Å². The molecule has 1 aliphatic rings. The van der Waals surface area contributed by atoms with Crippen LogP contribution in [0.15, 0.2) is 60.7 Å². The number of ether oxygens (including phenoxy) is 1. The van der Waals surface area contributed by atoms with Gasteiger partial charge in [-0.1, -0.05) is 41.4 Å². The van der Waals surface area contributed by atoms with E-state index in [1.54, 1.807) is 18.2 Å². The van der Waals surface area contributed by atoms with E-state index in [2.05, 4.69) is 9.80 Å². The second-order valence-electron chi connectivity index (χ2n) is 13.0. The summed E-state index contributed by atoms with van der Waals surface area (Å²) in [6.07, 6.45) is -13.5. The number of hydrogen-bond donors (Lipinski definition) is 0. The van der Waals surface area contributed by atoms with Gasteiger partial charge in [-0.25, -0.2) is 4.98 Å². The Bertz CT molecular complexity index is 1880. The molecule has 1 unspecified atom stereocenters. The Morgan fingerprint density at radius 2 is 1.54 bits per heavy atom. The number of benzene rings is 3. The zero-order valence-electron chi connectivity index (χ0n) is 28.8. The lowest BCUT2D eigenvalue weighted by molar-refractivity contribution is -0.174. The zero-order chi connectivity index (χ0) is 39.4. The van der Waals surface area contributed by atoms with E-state index in [1.165, 1.54) is 7.05 Å². The van der Waals surface area contributed by atoms with Crippen molar-refractivity contribution >= 4 is 46.1 Å². The molecule has 7 nitrogen and oxygen atoms in total. The van der Waals surface area contributed by atoms with Gasteiger partial charge in [0.15, 0.2) is 0 Å². The number of anilines is 1. The van der Waals surface area contributed by atoms with Gasteiger partial charge >= 0.3 is 18.5 Å². The Kier molecular flexibility index (Phi) is 13.0. The number of carbonyl (C=O) groups excluding carboxylic acids is 1. The Balaban J connectivity index is 1.30. The highest BCUT2D eigenvalue weighted by Crippen LogP contribution is 2.37. The highest BCUT2D eigenvalue weighted by atomic mass is 35.5. The number of amides is 1. The average Bonchev–Trinajstić information content (AvgIpc) is 3.29. The summed E-state index contributed by atoms with van der Waals surface area (Å²) in [4.78, 5) is 23.5. The van der Waals surface area contributed by atoms with Crippen molar-refractivity contribution in [3.8, 4) is 0 Å². The fourth-order valence-corrected chi connectivity index (χ4v) is 6.75. The quantitative estimate of drug-likeness (QED) is 0.106. The predicted molar refractivity (Wildman–Crippen MR) is 187 cm³/mol. The lowest BCUT2D eigenvalue weighted by Crippen LogP contribution is -2.35. The Hall–Kier alpha value is -3.73. The maximum absolute atomic E-state index is 13.5. The molecule has 0 radical (unpaired) electrons. The van der Waals surface area contributed by atoms with Crippen molar-refractivity contribution in [3.63, 3.8) is 0 Å². The number of hydrogen-bond acceptors (Lipinski definition) is 5. The molecular weight excluding hydrogens is 776 g/mol. The van der Waals surface area contributed by atoms with E-state index in [-0.39, 0.29) is 35.8 Å². The van der Waals surface area contributed by atoms with Gasteiger partial charge in [-0.05, 0) is 74.0 Å². The van der Waals surface area contributed by atoms with Crippen LogP contribution >= 0.6 is 23.2 Å². The second-order valence-corrected chi connectivity index (χ2v) is 13.9. The van der Waals surface area contributed by atoms with Gasteiger partial charge in [0.1, 0.15) is 6.61 Å². The molecule has 294 valence electrons.